The predicted octanol–water partition coefficient (Wildman–Crippen LogP) is 4.42. The molecule has 25 heavy (non-hydrogen) atoms. The molecule has 4 rings (SSSR count). The quantitative estimate of drug-likeness (QED) is 0.835. The van der Waals surface area contributed by atoms with Crippen molar-refractivity contribution >= 4 is 23.1 Å². The van der Waals surface area contributed by atoms with Gasteiger partial charge in [-0.15, -0.1) is 0 Å². The Bertz CT molecular complexity index is 812. The van der Waals surface area contributed by atoms with Crippen molar-refractivity contribution in [1.29, 1.82) is 0 Å². The van der Waals surface area contributed by atoms with Gasteiger partial charge in [0.25, 0.3) is 0 Å². The minimum Gasteiger partial charge on any atom is -0.343 e. The van der Waals surface area contributed by atoms with Crippen LogP contribution >= 0.6 is 11.6 Å². The first-order valence-corrected chi connectivity index (χ1v) is 9.08. The largest absolute Gasteiger partial charge is 0.343 e. The average Bonchev–Trinajstić information content (AvgIpc) is 2.61. The van der Waals surface area contributed by atoms with Crippen molar-refractivity contribution in [1.82, 2.24) is 5.32 Å². The Morgan fingerprint density at radius 1 is 1.12 bits per heavy atom. The molecule has 2 aromatic rings. The highest BCUT2D eigenvalue weighted by Crippen LogP contribution is 2.41. The van der Waals surface area contributed by atoms with Crippen LogP contribution in [0.5, 0.6) is 0 Å². The van der Waals surface area contributed by atoms with Crippen molar-refractivity contribution in [2.45, 2.75) is 25.8 Å². The molecule has 2 aliphatic heterocycles. The molecular weight excluding hydrogens is 337 g/mol. The van der Waals surface area contributed by atoms with Gasteiger partial charge in [0.1, 0.15) is 11.7 Å². The highest BCUT2D eigenvalue weighted by Gasteiger charge is 2.41. The molecule has 3 nitrogen and oxygen atoms in total. The molecule has 0 radical (unpaired) electrons. The Kier molecular flexibility index (Phi) is 4.48. The summed E-state index contributed by atoms with van der Waals surface area (Å²) in [6, 6.07) is 12.8. The highest BCUT2D eigenvalue weighted by molar-refractivity contribution is 6.30. The highest BCUT2D eigenvalue weighted by atomic mass is 35.5. The topological polar surface area (TPSA) is 36.4 Å². The van der Waals surface area contributed by atoms with Crippen molar-refractivity contribution in [2.24, 2.45) is 10.4 Å². The zero-order chi connectivity index (χ0) is 17.3. The molecule has 2 aromatic carbocycles. The number of benzene rings is 2. The van der Waals surface area contributed by atoms with Gasteiger partial charge in [-0.3, -0.25) is 4.99 Å². The van der Waals surface area contributed by atoms with Crippen LogP contribution < -0.4 is 10.6 Å². The standard InChI is InChI=1S/C20H21ClFN3/c21-16-3-1-2-14(10-16)13-24-19-20(6-8-23-9-7-20)12-15-11-17(22)4-5-18(15)25-19/h1-5,10-11,23H,6-9,12-13H2,(H,24,25). The summed E-state index contributed by atoms with van der Waals surface area (Å²) in [4.78, 5) is 4.92. The number of fused-ring (bicyclic) bond motifs is 1. The number of hydrogen-bond donors (Lipinski definition) is 2. The van der Waals surface area contributed by atoms with E-state index in [9.17, 15) is 4.39 Å². The third-order valence-corrected chi connectivity index (χ3v) is 5.46. The molecule has 5 heteroatoms. The van der Waals surface area contributed by atoms with Gasteiger partial charge in [0.05, 0.1) is 6.54 Å². The summed E-state index contributed by atoms with van der Waals surface area (Å²) in [5, 5.41) is 7.64. The number of nitrogens with one attached hydrogen (secondary N) is 2. The van der Waals surface area contributed by atoms with Crippen LogP contribution in [0.4, 0.5) is 10.1 Å². The van der Waals surface area contributed by atoms with E-state index in [-0.39, 0.29) is 11.2 Å². The van der Waals surface area contributed by atoms with Crippen molar-refractivity contribution in [2.75, 3.05) is 18.4 Å². The maximum absolute atomic E-state index is 13.7. The first kappa shape index (κ1) is 16.6. The number of hydrogen-bond acceptors (Lipinski definition) is 2. The zero-order valence-electron chi connectivity index (χ0n) is 14.0. The van der Waals surface area contributed by atoms with Gasteiger partial charge in [0, 0.05) is 16.1 Å². The fourth-order valence-electron chi connectivity index (χ4n) is 3.87. The van der Waals surface area contributed by atoms with Crippen LogP contribution in [-0.4, -0.2) is 18.9 Å². The van der Waals surface area contributed by atoms with Gasteiger partial charge < -0.3 is 10.6 Å². The summed E-state index contributed by atoms with van der Waals surface area (Å²) in [6.07, 6.45) is 2.85. The predicted molar refractivity (Wildman–Crippen MR) is 101 cm³/mol. The van der Waals surface area contributed by atoms with Crippen LogP contribution in [0.3, 0.4) is 0 Å². The molecule has 0 amide bonds. The molecule has 2 N–H and O–H groups in total. The Hall–Kier alpha value is -1.91. The van der Waals surface area contributed by atoms with E-state index in [1.165, 1.54) is 6.07 Å². The molecular formula is C20H21ClFN3. The molecule has 0 unspecified atom stereocenters. The van der Waals surface area contributed by atoms with Gasteiger partial charge in [-0.1, -0.05) is 23.7 Å². The molecule has 1 spiro atoms. The first-order chi connectivity index (χ1) is 12.1. The summed E-state index contributed by atoms with van der Waals surface area (Å²) in [5.41, 5.74) is 3.07. The molecule has 0 saturated carbocycles. The van der Waals surface area contributed by atoms with Crippen molar-refractivity contribution in [3.8, 4) is 0 Å². The van der Waals surface area contributed by atoms with Gasteiger partial charge >= 0.3 is 0 Å². The van der Waals surface area contributed by atoms with E-state index in [4.69, 9.17) is 16.6 Å². The number of amidine groups is 1. The van der Waals surface area contributed by atoms with Crippen molar-refractivity contribution < 1.29 is 4.39 Å². The Morgan fingerprint density at radius 3 is 2.76 bits per heavy atom. The lowest BCUT2D eigenvalue weighted by Gasteiger charge is -2.42. The van der Waals surface area contributed by atoms with Crippen LogP contribution in [0.2, 0.25) is 5.02 Å². The summed E-state index contributed by atoms with van der Waals surface area (Å²) in [5.74, 6) is 0.844. The lowest BCUT2D eigenvalue weighted by atomic mass is 9.71. The molecule has 0 atom stereocenters. The van der Waals surface area contributed by atoms with E-state index in [1.54, 1.807) is 6.07 Å². The lowest BCUT2D eigenvalue weighted by molar-refractivity contribution is 0.292. The molecule has 130 valence electrons. The number of piperidine rings is 1. The number of halogens is 2. The normalized spacial score (nSPS) is 20.3. The average molecular weight is 358 g/mol. The van der Waals surface area contributed by atoms with E-state index in [1.807, 2.05) is 30.3 Å². The second kappa shape index (κ2) is 6.77. The van der Waals surface area contributed by atoms with Crippen LogP contribution in [0.1, 0.15) is 24.0 Å². The van der Waals surface area contributed by atoms with E-state index < -0.39 is 0 Å². The van der Waals surface area contributed by atoms with Gasteiger partial charge in [0.15, 0.2) is 0 Å². The second-order valence-electron chi connectivity index (χ2n) is 6.93. The molecule has 1 fully saturated rings. The fraction of sp³-hybridized carbons (Fsp3) is 0.350. The molecule has 2 aliphatic rings. The summed E-state index contributed by atoms with van der Waals surface area (Å²) in [7, 11) is 0. The van der Waals surface area contributed by atoms with Crippen molar-refractivity contribution in [3.05, 3.63) is 64.4 Å². The molecule has 0 aliphatic carbocycles. The van der Waals surface area contributed by atoms with Gasteiger partial charge in [-0.2, -0.15) is 0 Å². The Labute approximate surface area is 152 Å². The number of aliphatic imine (C=N–C) groups is 1. The molecule has 0 bridgehead atoms. The number of anilines is 1. The number of nitrogens with zero attached hydrogens (tertiary/aromatic N) is 1. The fourth-order valence-corrected chi connectivity index (χ4v) is 4.08. The maximum Gasteiger partial charge on any atom is 0.123 e. The van der Waals surface area contributed by atoms with E-state index in [0.717, 1.165) is 60.0 Å². The maximum atomic E-state index is 13.7. The number of rotatable bonds is 2. The van der Waals surface area contributed by atoms with Gasteiger partial charge in [-0.05, 0) is 73.8 Å². The smallest absolute Gasteiger partial charge is 0.123 e. The van der Waals surface area contributed by atoms with Crippen LogP contribution in [-0.2, 0) is 13.0 Å². The Morgan fingerprint density at radius 2 is 1.96 bits per heavy atom. The molecule has 0 aromatic heterocycles. The zero-order valence-corrected chi connectivity index (χ0v) is 14.7. The Balaban J connectivity index is 1.68. The lowest BCUT2D eigenvalue weighted by Crippen LogP contribution is -2.48. The SMILES string of the molecule is Fc1ccc2c(c1)CC1(CCNCC1)C(=NCc1cccc(Cl)c1)N2. The first-order valence-electron chi connectivity index (χ1n) is 8.70. The third kappa shape index (κ3) is 3.42. The van der Waals surface area contributed by atoms with Gasteiger partial charge in [0.2, 0.25) is 0 Å². The molecule has 1 saturated heterocycles. The third-order valence-electron chi connectivity index (χ3n) is 5.22. The molecule has 2 heterocycles. The monoisotopic (exact) mass is 357 g/mol. The summed E-state index contributed by atoms with van der Waals surface area (Å²) in [6.45, 7) is 2.51. The van der Waals surface area contributed by atoms with Crippen LogP contribution in [0.15, 0.2) is 47.5 Å². The van der Waals surface area contributed by atoms with E-state index >= 15 is 0 Å². The second-order valence-corrected chi connectivity index (χ2v) is 7.36. The minimum absolute atomic E-state index is 0.0371. The van der Waals surface area contributed by atoms with E-state index in [0.29, 0.717) is 6.54 Å². The minimum atomic E-state index is -0.177. The van der Waals surface area contributed by atoms with Crippen LogP contribution in [0, 0.1) is 11.2 Å². The summed E-state index contributed by atoms with van der Waals surface area (Å²) < 4.78 is 13.7. The van der Waals surface area contributed by atoms with Crippen LogP contribution in [0.25, 0.3) is 0 Å². The van der Waals surface area contributed by atoms with E-state index in [2.05, 4.69) is 10.6 Å². The summed E-state index contributed by atoms with van der Waals surface area (Å²) >= 11 is 6.08. The van der Waals surface area contributed by atoms with Crippen molar-refractivity contribution in [3.63, 3.8) is 0 Å². The van der Waals surface area contributed by atoms with Gasteiger partial charge in [-0.25, -0.2) is 4.39 Å².